The fourth-order valence-electron chi connectivity index (χ4n) is 2.78. The molecular weight excluding hydrogens is 348 g/mol. The van der Waals surface area contributed by atoms with Crippen molar-refractivity contribution < 1.29 is 8.42 Å². The van der Waals surface area contributed by atoms with Gasteiger partial charge in [-0.15, -0.1) is 10.2 Å². The van der Waals surface area contributed by atoms with E-state index in [1.165, 1.54) is 18.6 Å². The van der Waals surface area contributed by atoms with E-state index in [-0.39, 0.29) is 10.7 Å². The second-order valence-corrected chi connectivity index (χ2v) is 8.15. The quantitative estimate of drug-likeness (QED) is 0.899. The minimum atomic E-state index is -3.73. The lowest BCUT2D eigenvalue weighted by atomic mass is 10.0. The summed E-state index contributed by atoms with van der Waals surface area (Å²) in [5.41, 5.74) is 0. The number of hydrogen-bond donors (Lipinski definition) is 1. The van der Waals surface area contributed by atoms with Crippen molar-refractivity contribution in [3.8, 4) is 0 Å². The van der Waals surface area contributed by atoms with Gasteiger partial charge in [0.1, 0.15) is 0 Å². The van der Waals surface area contributed by atoms with Crippen molar-refractivity contribution in [1.29, 1.82) is 0 Å². The van der Waals surface area contributed by atoms with Crippen molar-refractivity contribution in [3.05, 3.63) is 41.4 Å². The summed E-state index contributed by atoms with van der Waals surface area (Å²) in [5, 5.41) is 8.51. The number of sulfonamides is 1. The van der Waals surface area contributed by atoms with Gasteiger partial charge in [-0.2, -0.15) is 0 Å². The van der Waals surface area contributed by atoms with Crippen LogP contribution in [0.25, 0.3) is 0 Å². The molecule has 0 amide bonds. The SMILES string of the molecule is CC1CCCN(c2ccc(NS(=O)(=O)c3cccc(Cl)c3)nn2)C1. The van der Waals surface area contributed by atoms with Crippen LogP contribution in [0.15, 0.2) is 41.3 Å². The molecule has 24 heavy (non-hydrogen) atoms. The Hall–Kier alpha value is -1.86. The predicted molar refractivity (Wildman–Crippen MR) is 94.9 cm³/mol. The number of hydrogen-bond acceptors (Lipinski definition) is 5. The summed E-state index contributed by atoms with van der Waals surface area (Å²) in [6.45, 7) is 4.11. The zero-order chi connectivity index (χ0) is 17.2. The van der Waals surface area contributed by atoms with Crippen molar-refractivity contribution in [1.82, 2.24) is 10.2 Å². The molecule has 6 nitrogen and oxygen atoms in total. The average molecular weight is 367 g/mol. The van der Waals surface area contributed by atoms with Gasteiger partial charge < -0.3 is 4.90 Å². The highest BCUT2D eigenvalue weighted by atomic mass is 35.5. The van der Waals surface area contributed by atoms with Crippen LogP contribution in [0.4, 0.5) is 11.6 Å². The van der Waals surface area contributed by atoms with Crippen LogP contribution >= 0.6 is 11.6 Å². The van der Waals surface area contributed by atoms with Crippen LogP contribution in [0.1, 0.15) is 19.8 Å². The molecule has 1 aromatic carbocycles. The summed E-state index contributed by atoms with van der Waals surface area (Å²) < 4.78 is 27.1. The molecule has 0 bridgehead atoms. The Morgan fingerprint density at radius 2 is 2.08 bits per heavy atom. The van der Waals surface area contributed by atoms with E-state index in [1.807, 2.05) is 0 Å². The van der Waals surface area contributed by atoms with Crippen LogP contribution in [0.3, 0.4) is 0 Å². The molecule has 0 aliphatic carbocycles. The number of rotatable bonds is 4. The maximum absolute atomic E-state index is 12.3. The van der Waals surface area contributed by atoms with Crippen molar-refractivity contribution >= 4 is 33.3 Å². The monoisotopic (exact) mass is 366 g/mol. The Labute approximate surface area is 146 Å². The Balaban J connectivity index is 1.74. The number of piperidine rings is 1. The first-order valence-electron chi connectivity index (χ1n) is 7.81. The molecule has 1 aliphatic rings. The third-order valence-electron chi connectivity index (χ3n) is 3.98. The molecule has 8 heteroatoms. The Morgan fingerprint density at radius 1 is 1.25 bits per heavy atom. The molecule has 1 unspecified atom stereocenters. The third-order valence-corrected chi connectivity index (χ3v) is 5.56. The zero-order valence-electron chi connectivity index (χ0n) is 13.3. The van der Waals surface area contributed by atoms with Gasteiger partial charge in [0.25, 0.3) is 10.0 Å². The van der Waals surface area contributed by atoms with E-state index >= 15 is 0 Å². The second-order valence-electron chi connectivity index (χ2n) is 6.03. The maximum Gasteiger partial charge on any atom is 0.263 e. The first kappa shape index (κ1) is 17.0. The topological polar surface area (TPSA) is 75.2 Å². The van der Waals surface area contributed by atoms with E-state index in [0.29, 0.717) is 10.9 Å². The van der Waals surface area contributed by atoms with Crippen LogP contribution < -0.4 is 9.62 Å². The van der Waals surface area contributed by atoms with Crippen LogP contribution in [0.2, 0.25) is 5.02 Å². The van der Waals surface area contributed by atoms with Crippen LogP contribution in [-0.4, -0.2) is 31.7 Å². The molecule has 1 atom stereocenters. The molecule has 1 saturated heterocycles. The number of benzene rings is 1. The highest BCUT2D eigenvalue weighted by Crippen LogP contribution is 2.22. The molecule has 1 aliphatic heterocycles. The van der Waals surface area contributed by atoms with E-state index < -0.39 is 10.0 Å². The van der Waals surface area contributed by atoms with Crippen LogP contribution in [0.5, 0.6) is 0 Å². The van der Waals surface area contributed by atoms with Gasteiger partial charge in [-0.1, -0.05) is 24.6 Å². The van der Waals surface area contributed by atoms with Gasteiger partial charge in [0, 0.05) is 18.1 Å². The van der Waals surface area contributed by atoms with Crippen molar-refractivity contribution in [2.45, 2.75) is 24.7 Å². The van der Waals surface area contributed by atoms with E-state index in [1.54, 1.807) is 24.3 Å². The van der Waals surface area contributed by atoms with Crippen LogP contribution in [0, 0.1) is 5.92 Å². The Bertz CT molecular complexity index is 811. The van der Waals surface area contributed by atoms with Gasteiger partial charge in [0.05, 0.1) is 4.90 Å². The number of halogens is 1. The molecule has 2 aromatic rings. The van der Waals surface area contributed by atoms with Crippen molar-refractivity contribution in [2.24, 2.45) is 5.92 Å². The summed E-state index contributed by atoms with van der Waals surface area (Å²) >= 11 is 5.85. The lowest BCUT2D eigenvalue weighted by Crippen LogP contribution is -2.34. The smallest absolute Gasteiger partial charge is 0.263 e. The lowest BCUT2D eigenvalue weighted by molar-refractivity contribution is 0.444. The normalized spacial score (nSPS) is 18.4. The molecule has 1 fully saturated rings. The second kappa shape index (κ2) is 6.94. The first-order valence-corrected chi connectivity index (χ1v) is 9.67. The van der Waals surface area contributed by atoms with Gasteiger partial charge in [-0.25, -0.2) is 8.42 Å². The summed E-state index contributed by atoms with van der Waals surface area (Å²) in [6, 6.07) is 9.49. The third kappa shape index (κ3) is 3.96. The molecular formula is C16H19ClN4O2S. The molecule has 3 rings (SSSR count). The number of nitrogens with one attached hydrogen (secondary N) is 1. The average Bonchev–Trinajstić information content (AvgIpc) is 2.55. The highest BCUT2D eigenvalue weighted by Gasteiger charge is 2.19. The highest BCUT2D eigenvalue weighted by molar-refractivity contribution is 7.92. The molecule has 0 radical (unpaired) electrons. The van der Waals surface area contributed by atoms with Gasteiger partial charge in [-0.05, 0) is 49.1 Å². The van der Waals surface area contributed by atoms with E-state index in [2.05, 4.69) is 26.7 Å². The molecule has 2 heterocycles. The van der Waals surface area contributed by atoms with Crippen LogP contribution in [-0.2, 0) is 10.0 Å². The molecule has 1 N–H and O–H groups in total. The van der Waals surface area contributed by atoms with E-state index in [9.17, 15) is 8.42 Å². The maximum atomic E-state index is 12.3. The van der Waals surface area contributed by atoms with Gasteiger partial charge in [0.15, 0.2) is 11.6 Å². The fraction of sp³-hybridized carbons (Fsp3) is 0.375. The number of anilines is 2. The molecule has 0 saturated carbocycles. The van der Waals surface area contributed by atoms with Crippen molar-refractivity contribution in [2.75, 3.05) is 22.7 Å². The number of nitrogens with zero attached hydrogens (tertiary/aromatic N) is 3. The number of aromatic nitrogens is 2. The minimum absolute atomic E-state index is 0.0886. The molecule has 0 spiro atoms. The van der Waals surface area contributed by atoms with Gasteiger partial charge in [-0.3, -0.25) is 4.72 Å². The van der Waals surface area contributed by atoms with Gasteiger partial charge in [0.2, 0.25) is 0 Å². The zero-order valence-corrected chi connectivity index (χ0v) is 14.9. The summed E-state index contributed by atoms with van der Waals surface area (Å²) in [4.78, 5) is 2.27. The summed E-state index contributed by atoms with van der Waals surface area (Å²) in [7, 11) is -3.73. The standard InChI is InChI=1S/C16H19ClN4O2S/c1-12-4-3-9-21(11-12)16-8-7-15(18-19-16)20-24(22,23)14-6-2-5-13(17)10-14/h2,5-8,10,12H,3-4,9,11H2,1H3,(H,18,20). The predicted octanol–water partition coefficient (Wildman–Crippen LogP) is 3.17. The summed E-state index contributed by atoms with van der Waals surface area (Å²) in [6.07, 6.45) is 2.35. The van der Waals surface area contributed by atoms with Gasteiger partial charge >= 0.3 is 0 Å². The minimum Gasteiger partial charge on any atom is -0.355 e. The fourth-order valence-corrected chi connectivity index (χ4v) is 4.07. The molecule has 128 valence electrons. The Morgan fingerprint density at radius 3 is 2.75 bits per heavy atom. The Kier molecular flexibility index (Phi) is 4.91. The van der Waals surface area contributed by atoms with E-state index in [4.69, 9.17) is 11.6 Å². The van der Waals surface area contributed by atoms with E-state index in [0.717, 1.165) is 25.3 Å². The molecule has 1 aromatic heterocycles. The van der Waals surface area contributed by atoms with Crippen molar-refractivity contribution in [3.63, 3.8) is 0 Å². The lowest BCUT2D eigenvalue weighted by Gasteiger charge is -2.31. The first-order chi connectivity index (χ1) is 11.4. The largest absolute Gasteiger partial charge is 0.355 e. The summed E-state index contributed by atoms with van der Waals surface area (Å²) in [5.74, 6) is 1.58.